The van der Waals surface area contributed by atoms with Gasteiger partial charge >= 0.3 is 11.8 Å². The number of aryl methyl sites for hydroxylation is 1. The van der Waals surface area contributed by atoms with E-state index in [0.29, 0.717) is 13.1 Å². The molecule has 2 aliphatic rings. The Bertz CT molecular complexity index is 713. The van der Waals surface area contributed by atoms with Crippen LogP contribution in [0, 0.1) is 13.8 Å². The number of rotatable bonds is 2. The van der Waals surface area contributed by atoms with Crippen molar-refractivity contribution >= 4 is 17.5 Å². The van der Waals surface area contributed by atoms with Crippen LogP contribution in [-0.2, 0) is 9.59 Å². The zero-order valence-corrected chi connectivity index (χ0v) is 19.6. The third-order valence-corrected chi connectivity index (χ3v) is 7.12. The van der Waals surface area contributed by atoms with Gasteiger partial charge in [0.1, 0.15) is 0 Å². The van der Waals surface area contributed by atoms with Crippen LogP contribution in [-0.4, -0.2) is 48.9 Å². The summed E-state index contributed by atoms with van der Waals surface area (Å²) in [6, 6.07) is 6.51. The highest BCUT2D eigenvalue weighted by Gasteiger charge is 2.28. The van der Waals surface area contributed by atoms with E-state index in [-0.39, 0.29) is 11.9 Å². The second kappa shape index (κ2) is 12.1. The number of hydrogen-bond acceptors (Lipinski definition) is 3. The smallest absolute Gasteiger partial charge is 0.312 e. The molecule has 31 heavy (non-hydrogen) atoms. The maximum atomic E-state index is 12.8. The van der Waals surface area contributed by atoms with Crippen molar-refractivity contribution in [2.45, 2.75) is 90.5 Å². The Morgan fingerprint density at radius 3 is 1.94 bits per heavy atom. The van der Waals surface area contributed by atoms with E-state index < -0.39 is 5.91 Å². The second-order valence-electron chi connectivity index (χ2n) is 9.43. The van der Waals surface area contributed by atoms with Crippen LogP contribution < -0.4 is 10.2 Å². The van der Waals surface area contributed by atoms with Gasteiger partial charge in [0.05, 0.1) is 0 Å². The van der Waals surface area contributed by atoms with Gasteiger partial charge in [-0.05, 0) is 43.9 Å². The van der Waals surface area contributed by atoms with Crippen molar-refractivity contribution in [2.24, 2.45) is 0 Å². The van der Waals surface area contributed by atoms with Crippen molar-refractivity contribution in [1.29, 1.82) is 0 Å². The average molecular weight is 428 g/mol. The summed E-state index contributed by atoms with van der Waals surface area (Å²) in [6.07, 6.45) is 13.4. The van der Waals surface area contributed by atoms with Crippen molar-refractivity contribution in [1.82, 2.24) is 10.2 Å². The lowest BCUT2D eigenvalue weighted by atomic mass is 9.98. The zero-order chi connectivity index (χ0) is 22.1. The summed E-state index contributed by atoms with van der Waals surface area (Å²) in [5, 5.41) is 3.08. The van der Waals surface area contributed by atoms with E-state index >= 15 is 0 Å². The van der Waals surface area contributed by atoms with E-state index in [0.717, 1.165) is 38.8 Å². The summed E-state index contributed by atoms with van der Waals surface area (Å²) in [5.41, 5.74) is 3.82. The predicted octanol–water partition coefficient (Wildman–Crippen LogP) is 4.74. The Morgan fingerprint density at radius 1 is 0.806 bits per heavy atom. The van der Waals surface area contributed by atoms with Crippen LogP contribution in [0.4, 0.5) is 5.69 Å². The highest BCUT2D eigenvalue weighted by atomic mass is 16.2. The minimum absolute atomic E-state index is 0.145. The lowest BCUT2D eigenvalue weighted by Crippen LogP contribution is -2.54. The van der Waals surface area contributed by atoms with Crippen molar-refractivity contribution in [2.75, 3.05) is 31.1 Å². The minimum Gasteiger partial charge on any atom is -0.368 e. The van der Waals surface area contributed by atoms with Gasteiger partial charge in [0.25, 0.3) is 0 Å². The van der Waals surface area contributed by atoms with Crippen LogP contribution in [0.15, 0.2) is 18.2 Å². The van der Waals surface area contributed by atoms with E-state index in [9.17, 15) is 9.59 Å². The summed E-state index contributed by atoms with van der Waals surface area (Å²) in [7, 11) is 0. The maximum Gasteiger partial charge on any atom is 0.312 e. The molecule has 0 spiro atoms. The molecule has 1 N–H and O–H groups in total. The van der Waals surface area contributed by atoms with Crippen LogP contribution in [0.2, 0.25) is 0 Å². The van der Waals surface area contributed by atoms with Crippen LogP contribution in [0.1, 0.15) is 81.8 Å². The molecule has 1 aromatic carbocycles. The molecule has 0 radical (unpaired) electrons. The van der Waals surface area contributed by atoms with E-state index in [4.69, 9.17) is 0 Å². The quantitative estimate of drug-likeness (QED) is 0.694. The Morgan fingerprint density at radius 2 is 1.35 bits per heavy atom. The number of nitrogens with one attached hydrogen (secondary N) is 1. The van der Waals surface area contributed by atoms with Crippen molar-refractivity contribution < 1.29 is 9.59 Å². The van der Waals surface area contributed by atoms with Gasteiger partial charge < -0.3 is 15.1 Å². The molecule has 1 heterocycles. The molecule has 1 saturated carbocycles. The largest absolute Gasteiger partial charge is 0.368 e. The summed E-state index contributed by atoms with van der Waals surface area (Å²) in [5.74, 6) is -0.760. The number of hydrogen-bond donors (Lipinski definition) is 1. The van der Waals surface area contributed by atoms with E-state index in [1.54, 1.807) is 4.90 Å². The maximum absolute atomic E-state index is 12.8. The number of carbonyl (C=O) groups excluding carboxylic acids is 2. The number of carbonyl (C=O) groups is 2. The molecule has 5 heteroatoms. The molecule has 1 aromatic rings. The molecule has 0 unspecified atom stereocenters. The number of anilines is 1. The SMILES string of the molecule is Cc1cccc(N2CCN(C(=O)C(=O)NC3CCCCCCCCCCC3)CC2)c1C. The molecular formula is C26H41N3O2. The monoisotopic (exact) mass is 427 g/mol. The minimum atomic E-state index is -0.405. The van der Waals surface area contributed by atoms with E-state index in [2.05, 4.69) is 42.3 Å². The lowest BCUT2D eigenvalue weighted by Gasteiger charge is -2.37. The highest BCUT2D eigenvalue weighted by Crippen LogP contribution is 2.24. The first-order valence-corrected chi connectivity index (χ1v) is 12.5. The standard InChI is InChI=1S/C26H41N3O2/c1-21-13-12-16-24(22(21)2)28-17-19-29(20-18-28)26(31)25(30)27-23-14-10-8-6-4-3-5-7-9-11-15-23/h12-13,16,23H,3-11,14-15,17-20H2,1-2H3,(H,27,30). The summed E-state index contributed by atoms with van der Waals surface area (Å²) in [4.78, 5) is 29.6. The third-order valence-electron chi connectivity index (χ3n) is 7.12. The number of amides is 2. The summed E-state index contributed by atoms with van der Waals surface area (Å²) < 4.78 is 0. The van der Waals surface area contributed by atoms with Crippen molar-refractivity contribution in [3.05, 3.63) is 29.3 Å². The molecule has 2 amide bonds. The highest BCUT2D eigenvalue weighted by molar-refractivity contribution is 6.35. The van der Waals surface area contributed by atoms with Crippen LogP contribution in [0.3, 0.4) is 0 Å². The second-order valence-corrected chi connectivity index (χ2v) is 9.43. The van der Waals surface area contributed by atoms with Crippen molar-refractivity contribution in [3.63, 3.8) is 0 Å². The molecular weight excluding hydrogens is 386 g/mol. The Balaban J connectivity index is 1.49. The lowest BCUT2D eigenvalue weighted by molar-refractivity contribution is -0.146. The zero-order valence-electron chi connectivity index (χ0n) is 19.6. The molecule has 1 aliphatic carbocycles. The molecule has 0 bridgehead atoms. The average Bonchev–Trinajstić information content (AvgIpc) is 2.77. The Kier molecular flexibility index (Phi) is 9.23. The van der Waals surface area contributed by atoms with Gasteiger partial charge in [-0.1, -0.05) is 69.9 Å². The van der Waals surface area contributed by atoms with Crippen molar-refractivity contribution in [3.8, 4) is 0 Å². The van der Waals surface area contributed by atoms with Gasteiger partial charge in [-0.15, -0.1) is 0 Å². The Labute approximate surface area is 188 Å². The fourth-order valence-corrected chi connectivity index (χ4v) is 4.93. The first-order valence-electron chi connectivity index (χ1n) is 12.5. The number of piperazine rings is 1. The predicted molar refractivity (Wildman–Crippen MR) is 127 cm³/mol. The first kappa shape index (κ1) is 23.6. The third kappa shape index (κ3) is 6.98. The van der Waals surface area contributed by atoms with E-state index in [1.807, 2.05) is 0 Å². The van der Waals surface area contributed by atoms with Gasteiger partial charge in [0, 0.05) is 37.9 Å². The molecule has 172 valence electrons. The van der Waals surface area contributed by atoms with Gasteiger partial charge in [0.15, 0.2) is 0 Å². The first-order chi connectivity index (χ1) is 15.1. The van der Waals surface area contributed by atoms with Crippen LogP contribution in [0.25, 0.3) is 0 Å². The summed E-state index contributed by atoms with van der Waals surface area (Å²) >= 11 is 0. The van der Waals surface area contributed by atoms with Gasteiger partial charge in [0.2, 0.25) is 0 Å². The van der Waals surface area contributed by atoms with Gasteiger partial charge in [-0.2, -0.15) is 0 Å². The van der Waals surface area contributed by atoms with Crippen LogP contribution >= 0.6 is 0 Å². The fraction of sp³-hybridized carbons (Fsp3) is 0.692. The molecule has 0 atom stereocenters. The van der Waals surface area contributed by atoms with Crippen LogP contribution in [0.5, 0.6) is 0 Å². The molecule has 5 nitrogen and oxygen atoms in total. The fourth-order valence-electron chi connectivity index (χ4n) is 4.93. The number of benzene rings is 1. The number of nitrogens with zero attached hydrogens (tertiary/aromatic N) is 2. The molecule has 1 saturated heterocycles. The molecule has 1 aliphatic heterocycles. The van der Waals surface area contributed by atoms with Gasteiger partial charge in [-0.25, -0.2) is 0 Å². The summed E-state index contributed by atoms with van der Waals surface area (Å²) in [6.45, 7) is 7.03. The molecule has 0 aromatic heterocycles. The van der Waals surface area contributed by atoms with Gasteiger partial charge in [-0.3, -0.25) is 9.59 Å². The molecule has 3 rings (SSSR count). The normalized spacial score (nSPS) is 19.9. The van der Waals surface area contributed by atoms with E-state index in [1.165, 1.54) is 61.8 Å². The Hall–Kier alpha value is -2.04. The molecule has 2 fully saturated rings. The topological polar surface area (TPSA) is 52.7 Å².